The van der Waals surface area contributed by atoms with Crippen molar-refractivity contribution in [1.82, 2.24) is 5.32 Å². The summed E-state index contributed by atoms with van der Waals surface area (Å²) in [5.74, 6) is -2.85. The van der Waals surface area contributed by atoms with Crippen LogP contribution < -0.4 is 5.32 Å². The third-order valence-electron chi connectivity index (χ3n) is 13.4. The van der Waals surface area contributed by atoms with Gasteiger partial charge in [0.25, 0.3) is 5.91 Å². The Hall–Kier alpha value is -3.92. The summed E-state index contributed by atoms with van der Waals surface area (Å²) in [6, 6.07) is 15.2. The van der Waals surface area contributed by atoms with Crippen LogP contribution in [0, 0.1) is 0 Å². The van der Waals surface area contributed by atoms with Gasteiger partial charge in [0, 0.05) is 6.92 Å². The Morgan fingerprint density at radius 1 is 0.549 bits per heavy atom. The fraction of sp³-hybridized carbons (Fsp3) is 0.719. The van der Waals surface area contributed by atoms with Gasteiger partial charge in [-0.1, -0.05) is 198 Å². The first kappa shape index (κ1) is 61.4. The number of ether oxygens (including phenoxy) is 5. The normalized spacial score (nSPS) is 19.6. The number of aliphatic hydroxyl groups excluding tert-OH is 4. The van der Waals surface area contributed by atoms with Gasteiger partial charge in [-0.25, -0.2) is 9.59 Å². The second-order valence-electron chi connectivity index (χ2n) is 19.5. The van der Waals surface area contributed by atoms with Crippen molar-refractivity contribution in [2.45, 2.75) is 249 Å². The van der Waals surface area contributed by atoms with Gasteiger partial charge >= 0.3 is 17.9 Å². The molecular formula is C57H91NO13. The van der Waals surface area contributed by atoms with Gasteiger partial charge in [0.15, 0.2) is 18.5 Å². The molecule has 1 aliphatic heterocycles. The Morgan fingerprint density at radius 3 is 1.41 bits per heavy atom. The molecule has 14 heteroatoms. The van der Waals surface area contributed by atoms with Crippen molar-refractivity contribution < 1.29 is 63.3 Å². The van der Waals surface area contributed by atoms with E-state index in [0.29, 0.717) is 12.8 Å². The summed E-state index contributed by atoms with van der Waals surface area (Å²) in [5, 5.41) is 44.7. The molecule has 0 aromatic heterocycles. The molecule has 9 atom stereocenters. The van der Waals surface area contributed by atoms with Crippen molar-refractivity contribution >= 4 is 23.8 Å². The molecule has 3 rings (SSSR count). The topological polar surface area (TPSA) is 207 Å². The summed E-state index contributed by atoms with van der Waals surface area (Å²) in [5.41, 5.74) is 0.436. The molecule has 71 heavy (non-hydrogen) atoms. The number of benzene rings is 2. The van der Waals surface area contributed by atoms with Crippen LogP contribution in [0.4, 0.5) is 0 Å². The maximum Gasteiger partial charge on any atom is 0.338 e. The molecule has 0 spiro atoms. The summed E-state index contributed by atoms with van der Waals surface area (Å²) in [6.45, 7) is 4.32. The number of carbonyl (C=O) groups is 4. The van der Waals surface area contributed by atoms with Crippen molar-refractivity contribution in [3.05, 3.63) is 71.8 Å². The van der Waals surface area contributed by atoms with Crippen LogP contribution in [0.15, 0.2) is 60.7 Å². The average Bonchev–Trinajstić information content (AvgIpc) is 3.37. The second-order valence-corrected chi connectivity index (χ2v) is 19.5. The molecule has 1 aliphatic rings. The number of esters is 3. The Bertz CT molecular complexity index is 1700. The van der Waals surface area contributed by atoms with Crippen LogP contribution in [0.25, 0.3) is 0 Å². The van der Waals surface area contributed by atoms with E-state index in [4.69, 9.17) is 23.7 Å². The van der Waals surface area contributed by atoms with Crippen LogP contribution in [0.3, 0.4) is 0 Å². The first-order valence-electron chi connectivity index (χ1n) is 27.4. The number of rotatable bonds is 40. The lowest BCUT2D eigenvalue weighted by Crippen LogP contribution is -2.61. The SMILES string of the molecule is CCCCCCCCCCCCCCCCCCCCCC[C@@H](OC(C)=O)C(=O)N[C@@H](CO[C@H]1O[C@H](CO)[C@H](O)[C@H](O)[C@H]1O)[C@H](OC(=O)c1ccccc1)[C@@H](CCCCCCC)OC(=O)c1ccccc1. The maximum atomic E-state index is 14.4. The number of hydrogen-bond donors (Lipinski definition) is 5. The standard InChI is InChI=1S/C57H91NO13/c1-4-6-8-10-11-12-13-14-15-16-17-18-19-20-21-22-23-24-26-34-40-48(68-43(3)60)54(64)58-46(42-67-57-52(63)51(62)50(61)49(41-59)70-57)53(71-56(66)45-37-31-28-32-38-45)47(39-33-25-9-7-5-2)69-55(65)44-35-29-27-30-36-44/h27-32,35-38,46-53,57,59,61-63H,4-26,33-34,39-42H2,1-3H3,(H,58,64)/t46-,47+,48+,49+,50-,51-,52+,53-,57-/m0/s1. The zero-order chi connectivity index (χ0) is 51.5. The molecule has 402 valence electrons. The molecule has 0 radical (unpaired) electrons. The van der Waals surface area contributed by atoms with E-state index in [-0.39, 0.29) is 24.0 Å². The number of hydrogen-bond acceptors (Lipinski definition) is 13. The summed E-state index contributed by atoms with van der Waals surface area (Å²) in [4.78, 5) is 54.7. The lowest BCUT2D eigenvalue weighted by Gasteiger charge is -2.40. The third kappa shape index (κ3) is 25.0. The number of unbranched alkanes of at least 4 members (excludes halogenated alkanes) is 23. The number of carbonyl (C=O) groups excluding carboxylic acids is 4. The van der Waals surface area contributed by atoms with E-state index in [1.165, 1.54) is 103 Å². The van der Waals surface area contributed by atoms with Crippen molar-refractivity contribution in [2.75, 3.05) is 13.2 Å². The van der Waals surface area contributed by atoms with Gasteiger partial charge in [-0.05, 0) is 49.9 Å². The van der Waals surface area contributed by atoms with E-state index in [1.807, 2.05) is 0 Å². The highest BCUT2D eigenvalue weighted by Crippen LogP contribution is 2.26. The van der Waals surface area contributed by atoms with Gasteiger partial charge in [0.2, 0.25) is 0 Å². The van der Waals surface area contributed by atoms with E-state index in [9.17, 15) is 39.6 Å². The van der Waals surface area contributed by atoms with E-state index in [2.05, 4.69) is 19.2 Å². The summed E-state index contributed by atoms with van der Waals surface area (Å²) < 4.78 is 29.7. The molecule has 1 amide bonds. The molecule has 1 fully saturated rings. The van der Waals surface area contributed by atoms with E-state index in [0.717, 1.165) is 51.4 Å². The van der Waals surface area contributed by atoms with E-state index < -0.39 is 92.1 Å². The zero-order valence-corrected chi connectivity index (χ0v) is 43.4. The molecule has 2 aromatic rings. The predicted molar refractivity (Wildman–Crippen MR) is 275 cm³/mol. The Kier molecular flexibility index (Phi) is 32.7. The molecule has 1 heterocycles. The van der Waals surface area contributed by atoms with Crippen LogP contribution in [0.5, 0.6) is 0 Å². The molecule has 1 saturated heterocycles. The molecule has 2 aromatic carbocycles. The molecule has 0 unspecified atom stereocenters. The fourth-order valence-electron chi connectivity index (χ4n) is 9.13. The highest BCUT2D eigenvalue weighted by molar-refractivity contribution is 5.90. The van der Waals surface area contributed by atoms with Gasteiger partial charge in [-0.3, -0.25) is 9.59 Å². The lowest BCUT2D eigenvalue weighted by molar-refractivity contribution is -0.303. The van der Waals surface area contributed by atoms with Crippen LogP contribution in [-0.2, 0) is 33.3 Å². The average molecular weight is 998 g/mol. The van der Waals surface area contributed by atoms with Crippen LogP contribution >= 0.6 is 0 Å². The van der Waals surface area contributed by atoms with E-state index in [1.54, 1.807) is 60.7 Å². The first-order chi connectivity index (χ1) is 34.5. The minimum Gasteiger partial charge on any atom is -0.455 e. The van der Waals surface area contributed by atoms with Gasteiger partial charge in [0.05, 0.1) is 30.4 Å². The van der Waals surface area contributed by atoms with Gasteiger partial charge in [0.1, 0.15) is 30.5 Å². The monoisotopic (exact) mass is 998 g/mol. The van der Waals surface area contributed by atoms with Gasteiger partial charge < -0.3 is 49.4 Å². The number of aliphatic hydroxyl groups is 4. The Labute approximate surface area is 425 Å². The highest BCUT2D eigenvalue weighted by atomic mass is 16.7. The zero-order valence-electron chi connectivity index (χ0n) is 43.4. The van der Waals surface area contributed by atoms with Crippen molar-refractivity contribution in [3.8, 4) is 0 Å². The number of amides is 1. The Balaban J connectivity index is 1.72. The smallest absolute Gasteiger partial charge is 0.338 e. The van der Waals surface area contributed by atoms with E-state index >= 15 is 0 Å². The lowest BCUT2D eigenvalue weighted by atomic mass is 9.97. The minimum absolute atomic E-state index is 0.186. The number of nitrogens with one attached hydrogen (secondary N) is 1. The van der Waals surface area contributed by atoms with Crippen LogP contribution in [0.1, 0.15) is 215 Å². The summed E-state index contributed by atoms with van der Waals surface area (Å²) in [6.07, 6.45) is 17.3. The molecule has 14 nitrogen and oxygen atoms in total. The van der Waals surface area contributed by atoms with Crippen molar-refractivity contribution in [2.24, 2.45) is 0 Å². The summed E-state index contributed by atoms with van der Waals surface area (Å²) in [7, 11) is 0. The molecule has 0 aliphatic carbocycles. The maximum absolute atomic E-state index is 14.4. The second kappa shape index (κ2) is 37.8. The Morgan fingerprint density at radius 2 is 0.972 bits per heavy atom. The van der Waals surface area contributed by atoms with Crippen molar-refractivity contribution in [1.29, 1.82) is 0 Å². The van der Waals surface area contributed by atoms with Crippen LogP contribution in [-0.4, -0.2) is 113 Å². The van der Waals surface area contributed by atoms with Crippen LogP contribution in [0.2, 0.25) is 0 Å². The first-order valence-corrected chi connectivity index (χ1v) is 27.4. The largest absolute Gasteiger partial charge is 0.455 e. The predicted octanol–water partition coefficient (Wildman–Crippen LogP) is 10.2. The molecule has 0 bridgehead atoms. The minimum atomic E-state index is -1.78. The summed E-state index contributed by atoms with van der Waals surface area (Å²) >= 11 is 0. The molecule has 5 N–H and O–H groups in total. The quantitative estimate of drug-likeness (QED) is 0.0240. The van der Waals surface area contributed by atoms with Crippen molar-refractivity contribution in [3.63, 3.8) is 0 Å². The molecular weight excluding hydrogens is 907 g/mol. The molecule has 0 saturated carbocycles. The highest BCUT2D eigenvalue weighted by Gasteiger charge is 2.46. The third-order valence-corrected chi connectivity index (χ3v) is 13.4. The van der Waals surface area contributed by atoms with Gasteiger partial charge in [-0.15, -0.1) is 0 Å². The van der Waals surface area contributed by atoms with Gasteiger partial charge in [-0.2, -0.15) is 0 Å². The fourth-order valence-corrected chi connectivity index (χ4v) is 9.13.